The predicted molar refractivity (Wildman–Crippen MR) is 70.4 cm³/mol. The van der Waals surface area contributed by atoms with Gasteiger partial charge in [0.25, 0.3) is 6.43 Å². The molecule has 0 spiro atoms. The van der Waals surface area contributed by atoms with Crippen LogP contribution in [-0.2, 0) is 4.74 Å². The number of halogens is 2. The van der Waals surface area contributed by atoms with Crippen LogP contribution in [-0.4, -0.2) is 49.8 Å². The number of aliphatic hydroxyl groups excluding tert-OH is 1. The van der Waals surface area contributed by atoms with Crippen LogP contribution in [0.4, 0.5) is 8.78 Å². The molecule has 0 fully saturated rings. The number of ether oxygens (including phenoxy) is 1. The van der Waals surface area contributed by atoms with Crippen LogP contribution in [0.5, 0.6) is 0 Å². The van der Waals surface area contributed by atoms with E-state index in [1.54, 1.807) is 24.3 Å². The van der Waals surface area contributed by atoms with Gasteiger partial charge in [-0.15, -0.1) is 0 Å². The zero-order valence-corrected chi connectivity index (χ0v) is 11.3. The van der Waals surface area contributed by atoms with Gasteiger partial charge in [0.15, 0.2) is 0 Å². The number of rotatable bonds is 8. The van der Waals surface area contributed by atoms with Crippen molar-refractivity contribution >= 4 is 0 Å². The number of methoxy groups -OCH3 is 1. The van der Waals surface area contributed by atoms with Gasteiger partial charge >= 0.3 is 0 Å². The molecule has 1 aromatic rings. The molecular weight excluding hydrogens is 266 g/mol. The molecule has 0 aromatic heterocycles. The first kappa shape index (κ1) is 16.5. The van der Waals surface area contributed by atoms with Crippen molar-refractivity contribution in [2.45, 2.75) is 12.5 Å². The second kappa shape index (κ2) is 8.59. The Labute approximate surface area is 117 Å². The lowest BCUT2D eigenvalue weighted by Gasteiger charge is -2.24. The third-order valence-corrected chi connectivity index (χ3v) is 2.86. The Morgan fingerprint density at radius 3 is 2.45 bits per heavy atom. The van der Waals surface area contributed by atoms with E-state index in [0.717, 1.165) is 0 Å². The van der Waals surface area contributed by atoms with Gasteiger partial charge in [0.05, 0.1) is 30.9 Å². The molecule has 1 atom stereocenters. The Morgan fingerprint density at radius 1 is 1.30 bits per heavy atom. The fourth-order valence-electron chi connectivity index (χ4n) is 1.80. The molecule has 1 rings (SSSR count). The van der Waals surface area contributed by atoms with Crippen molar-refractivity contribution in [1.29, 1.82) is 5.26 Å². The van der Waals surface area contributed by atoms with Crippen molar-refractivity contribution in [3.8, 4) is 6.07 Å². The first-order chi connectivity index (χ1) is 9.56. The molecule has 1 unspecified atom stereocenters. The summed E-state index contributed by atoms with van der Waals surface area (Å²) in [4.78, 5) is 1.46. The quantitative estimate of drug-likeness (QED) is 0.791. The molecule has 4 nitrogen and oxygen atoms in total. The molecule has 0 saturated carbocycles. The molecule has 1 aromatic carbocycles. The van der Waals surface area contributed by atoms with Gasteiger partial charge in [-0.05, 0) is 17.7 Å². The number of aliphatic hydroxyl groups is 1. The van der Waals surface area contributed by atoms with Crippen LogP contribution in [0.25, 0.3) is 0 Å². The number of nitrogens with zero attached hydrogens (tertiary/aromatic N) is 2. The first-order valence-corrected chi connectivity index (χ1v) is 6.24. The van der Waals surface area contributed by atoms with Crippen molar-refractivity contribution in [3.05, 3.63) is 35.4 Å². The Bertz CT molecular complexity index is 432. The van der Waals surface area contributed by atoms with E-state index in [-0.39, 0.29) is 6.54 Å². The second-order valence-corrected chi connectivity index (χ2v) is 4.39. The van der Waals surface area contributed by atoms with E-state index in [4.69, 9.17) is 10.00 Å². The first-order valence-electron chi connectivity index (χ1n) is 6.24. The van der Waals surface area contributed by atoms with Crippen LogP contribution in [0.1, 0.15) is 17.2 Å². The summed E-state index contributed by atoms with van der Waals surface area (Å²) in [7, 11) is 1.50. The highest BCUT2D eigenvalue weighted by atomic mass is 19.3. The van der Waals surface area contributed by atoms with E-state index < -0.39 is 19.1 Å². The normalized spacial score (nSPS) is 12.7. The fraction of sp³-hybridized carbons (Fsp3) is 0.500. The Hall–Kier alpha value is -1.55. The van der Waals surface area contributed by atoms with Gasteiger partial charge in [-0.3, -0.25) is 4.90 Å². The molecule has 0 aliphatic heterocycles. The fourth-order valence-corrected chi connectivity index (χ4v) is 1.80. The van der Waals surface area contributed by atoms with Gasteiger partial charge < -0.3 is 9.84 Å². The minimum absolute atomic E-state index is 0.0968. The molecule has 0 aliphatic rings. The van der Waals surface area contributed by atoms with Gasteiger partial charge in [0.1, 0.15) is 0 Å². The minimum Gasteiger partial charge on any atom is -0.387 e. The number of benzene rings is 1. The average Bonchev–Trinajstić information content (AvgIpc) is 2.44. The highest BCUT2D eigenvalue weighted by molar-refractivity contribution is 5.32. The molecule has 0 aliphatic carbocycles. The van der Waals surface area contributed by atoms with Crippen LogP contribution in [0.3, 0.4) is 0 Å². The summed E-state index contributed by atoms with van der Waals surface area (Å²) in [6.07, 6.45) is -3.33. The maximum Gasteiger partial charge on any atom is 0.251 e. The molecule has 6 heteroatoms. The zero-order valence-electron chi connectivity index (χ0n) is 11.3. The summed E-state index contributed by atoms with van der Waals surface area (Å²) in [5, 5.41) is 18.7. The third kappa shape index (κ3) is 5.61. The Morgan fingerprint density at radius 2 is 1.95 bits per heavy atom. The Balaban J connectivity index is 2.63. The minimum atomic E-state index is -2.46. The smallest absolute Gasteiger partial charge is 0.251 e. The van der Waals surface area contributed by atoms with E-state index >= 15 is 0 Å². The van der Waals surface area contributed by atoms with E-state index in [9.17, 15) is 13.9 Å². The summed E-state index contributed by atoms with van der Waals surface area (Å²) < 4.78 is 29.8. The van der Waals surface area contributed by atoms with Crippen LogP contribution < -0.4 is 0 Å². The molecule has 0 saturated heterocycles. The largest absolute Gasteiger partial charge is 0.387 e. The molecule has 0 bridgehead atoms. The maximum absolute atomic E-state index is 12.5. The molecule has 1 N–H and O–H groups in total. The molecule has 0 heterocycles. The number of nitriles is 1. The molecule has 20 heavy (non-hydrogen) atoms. The summed E-state index contributed by atoms with van der Waals surface area (Å²) in [6, 6.07) is 8.41. The van der Waals surface area contributed by atoms with Crippen LogP contribution in [0, 0.1) is 11.3 Å². The monoisotopic (exact) mass is 284 g/mol. The molecule has 110 valence electrons. The van der Waals surface area contributed by atoms with Gasteiger partial charge in [-0.1, -0.05) is 12.1 Å². The lowest BCUT2D eigenvalue weighted by molar-refractivity contribution is 0.0406. The van der Waals surface area contributed by atoms with E-state index in [1.807, 2.05) is 6.07 Å². The SMILES string of the molecule is COCCN(CC(F)F)CC(O)c1ccc(C#N)cc1. The number of hydrogen-bond donors (Lipinski definition) is 1. The highest BCUT2D eigenvalue weighted by Gasteiger charge is 2.17. The van der Waals surface area contributed by atoms with Crippen molar-refractivity contribution in [2.24, 2.45) is 0 Å². The standard InChI is InChI=1S/C14H18F2N2O2/c1-20-7-6-18(10-14(15)16)9-13(19)12-4-2-11(8-17)3-5-12/h2-5,13-14,19H,6-7,9-10H2,1H3. The lowest BCUT2D eigenvalue weighted by Crippen LogP contribution is -2.35. The maximum atomic E-state index is 12.5. The van der Waals surface area contributed by atoms with Crippen LogP contribution in [0.2, 0.25) is 0 Å². The summed E-state index contributed by atoms with van der Waals surface area (Å²) in [6.45, 7) is 0.345. The van der Waals surface area contributed by atoms with Crippen molar-refractivity contribution < 1.29 is 18.6 Å². The molecule has 0 amide bonds. The number of alkyl halides is 2. The van der Waals surface area contributed by atoms with E-state index in [1.165, 1.54) is 12.0 Å². The summed E-state index contributed by atoms with van der Waals surface area (Å²) in [5.41, 5.74) is 1.09. The van der Waals surface area contributed by atoms with Gasteiger partial charge in [0, 0.05) is 20.2 Å². The summed E-state index contributed by atoms with van der Waals surface area (Å²) >= 11 is 0. The zero-order chi connectivity index (χ0) is 15.0. The van der Waals surface area contributed by atoms with Crippen molar-refractivity contribution in [2.75, 3.05) is 33.4 Å². The Kier molecular flexibility index (Phi) is 7.09. The molecule has 0 radical (unpaired) electrons. The third-order valence-electron chi connectivity index (χ3n) is 2.86. The summed E-state index contributed by atoms with van der Waals surface area (Å²) in [5.74, 6) is 0. The van der Waals surface area contributed by atoms with Crippen LogP contribution >= 0.6 is 0 Å². The van der Waals surface area contributed by atoms with Gasteiger partial charge in [0.2, 0.25) is 0 Å². The van der Waals surface area contributed by atoms with Crippen LogP contribution in [0.15, 0.2) is 24.3 Å². The lowest BCUT2D eigenvalue weighted by atomic mass is 10.1. The number of hydrogen-bond acceptors (Lipinski definition) is 4. The highest BCUT2D eigenvalue weighted by Crippen LogP contribution is 2.15. The van der Waals surface area contributed by atoms with Crippen molar-refractivity contribution in [3.63, 3.8) is 0 Å². The topological polar surface area (TPSA) is 56.5 Å². The average molecular weight is 284 g/mol. The van der Waals surface area contributed by atoms with E-state index in [2.05, 4.69) is 0 Å². The second-order valence-electron chi connectivity index (χ2n) is 4.39. The molecular formula is C14H18F2N2O2. The van der Waals surface area contributed by atoms with Gasteiger partial charge in [-0.2, -0.15) is 5.26 Å². The van der Waals surface area contributed by atoms with E-state index in [0.29, 0.717) is 24.3 Å². The van der Waals surface area contributed by atoms with Crippen molar-refractivity contribution in [1.82, 2.24) is 4.90 Å². The van der Waals surface area contributed by atoms with Gasteiger partial charge in [-0.25, -0.2) is 8.78 Å². The predicted octanol–water partition coefficient (Wildman–Crippen LogP) is 1.81.